The fourth-order valence-corrected chi connectivity index (χ4v) is 1.19. The predicted molar refractivity (Wildman–Crippen MR) is 60.9 cm³/mol. The van der Waals surface area contributed by atoms with E-state index in [0.717, 1.165) is 5.69 Å². The Hall–Kier alpha value is -1.84. The Bertz CT molecular complexity index is 349. The quantitative estimate of drug-likeness (QED) is 0.611. The van der Waals surface area contributed by atoms with E-state index in [-0.39, 0.29) is 18.5 Å². The smallest absolute Gasteiger partial charge is 0.302 e. The normalized spacial score (nSPS) is 9.56. The molecule has 1 N–H and O–H groups in total. The first kappa shape index (κ1) is 12.2. The Labute approximate surface area is 94.6 Å². The minimum atomic E-state index is -0.316. The van der Waals surface area contributed by atoms with Crippen LogP contribution in [0.2, 0.25) is 0 Å². The molecule has 16 heavy (non-hydrogen) atoms. The first-order chi connectivity index (χ1) is 7.68. The van der Waals surface area contributed by atoms with Gasteiger partial charge in [0.25, 0.3) is 0 Å². The van der Waals surface area contributed by atoms with E-state index in [1.54, 1.807) is 0 Å². The first-order valence-corrected chi connectivity index (χ1v) is 5.17. The summed E-state index contributed by atoms with van der Waals surface area (Å²) in [6, 6.07) is 9.24. The van der Waals surface area contributed by atoms with Gasteiger partial charge in [-0.3, -0.25) is 9.59 Å². The molecule has 0 unspecified atom stereocenters. The number of carbonyl (C=O) groups is 2. The van der Waals surface area contributed by atoms with Crippen molar-refractivity contribution in [1.29, 1.82) is 0 Å². The summed E-state index contributed by atoms with van der Waals surface area (Å²) in [6.07, 6.45) is 0.889. The van der Waals surface area contributed by atoms with E-state index in [4.69, 9.17) is 4.74 Å². The molecule has 4 nitrogen and oxygen atoms in total. The molecule has 0 spiro atoms. The average Bonchev–Trinajstić information content (AvgIpc) is 2.25. The predicted octanol–water partition coefficient (Wildman–Crippen LogP) is 1.97. The third-order valence-corrected chi connectivity index (χ3v) is 1.91. The Morgan fingerprint density at radius 1 is 1.25 bits per heavy atom. The van der Waals surface area contributed by atoms with Crippen molar-refractivity contribution >= 4 is 17.6 Å². The van der Waals surface area contributed by atoms with Crippen LogP contribution in [0.4, 0.5) is 5.69 Å². The van der Waals surface area contributed by atoms with Gasteiger partial charge in [-0.15, -0.1) is 0 Å². The fourth-order valence-electron chi connectivity index (χ4n) is 1.19. The van der Waals surface area contributed by atoms with Crippen molar-refractivity contribution in [2.24, 2.45) is 0 Å². The molecule has 4 heteroatoms. The maximum absolute atomic E-state index is 11.4. The van der Waals surface area contributed by atoms with Crippen LogP contribution in [0.1, 0.15) is 19.8 Å². The fraction of sp³-hybridized carbons (Fsp3) is 0.333. The lowest BCUT2D eigenvalue weighted by molar-refractivity contribution is -0.141. The van der Waals surface area contributed by atoms with Crippen LogP contribution in [-0.2, 0) is 14.3 Å². The van der Waals surface area contributed by atoms with E-state index < -0.39 is 0 Å². The Morgan fingerprint density at radius 2 is 1.94 bits per heavy atom. The maximum atomic E-state index is 11.4. The van der Waals surface area contributed by atoms with Crippen molar-refractivity contribution < 1.29 is 14.3 Å². The molecule has 0 aliphatic carbocycles. The molecule has 0 fully saturated rings. The second kappa shape index (κ2) is 6.61. The van der Waals surface area contributed by atoms with Crippen molar-refractivity contribution in [2.75, 3.05) is 11.9 Å². The van der Waals surface area contributed by atoms with Crippen molar-refractivity contribution in [3.05, 3.63) is 30.3 Å². The van der Waals surface area contributed by atoms with Gasteiger partial charge in [0.1, 0.15) is 0 Å². The molecule has 0 bridgehead atoms. The topological polar surface area (TPSA) is 55.4 Å². The van der Waals surface area contributed by atoms with Gasteiger partial charge in [0.05, 0.1) is 6.61 Å². The number of benzene rings is 1. The highest BCUT2D eigenvalue weighted by molar-refractivity contribution is 5.90. The van der Waals surface area contributed by atoms with Gasteiger partial charge in [-0.05, 0) is 18.6 Å². The molecule has 1 amide bonds. The van der Waals surface area contributed by atoms with Gasteiger partial charge < -0.3 is 10.1 Å². The van der Waals surface area contributed by atoms with E-state index in [9.17, 15) is 9.59 Å². The van der Waals surface area contributed by atoms with Gasteiger partial charge in [0, 0.05) is 19.0 Å². The van der Waals surface area contributed by atoms with Crippen LogP contribution >= 0.6 is 0 Å². The molecule has 0 saturated heterocycles. The number of amides is 1. The van der Waals surface area contributed by atoms with E-state index in [1.165, 1.54) is 6.92 Å². The number of nitrogens with one attached hydrogen (secondary N) is 1. The van der Waals surface area contributed by atoms with Gasteiger partial charge in [0.15, 0.2) is 0 Å². The largest absolute Gasteiger partial charge is 0.466 e. The standard InChI is InChI=1S/C12H15NO3/c1-10(14)16-9-5-8-12(15)13-11-6-3-2-4-7-11/h2-4,6-7H,5,8-9H2,1H3,(H,13,15). The van der Waals surface area contributed by atoms with Crippen molar-refractivity contribution in [1.82, 2.24) is 0 Å². The number of hydrogen-bond acceptors (Lipinski definition) is 3. The molecule has 0 saturated carbocycles. The van der Waals surface area contributed by atoms with E-state index in [2.05, 4.69) is 5.32 Å². The molecule has 1 rings (SSSR count). The van der Waals surface area contributed by atoms with Crippen LogP contribution in [0.25, 0.3) is 0 Å². The minimum Gasteiger partial charge on any atom is -0.466 e. The third kappa shape index (κ3) is 5.14. The number of para-hydroxylation sites is 1. The number of ether oxygens (including phenoxy) is 1. The molecular formula is C12H15NO3. The van der Waals surface area contributed by atoms with Crippen LogP contribution in [0, 0.1) is 0 Å². The minimum absolute atomic E-state index is 0.0710. The van der Waals surface area contributed by atoms with Gasteiger partial charge in [-0.25, -0.2) is 0 Å². The highest BCUT2D eigenvalue weighted by Gasteiger charge is 2.02. The SMILES string of the molecule is CC(=O)OCCCC(=O)Nc1ccccc1. The monoisotopic (exact) mass is 221 g/mol. The zero-order chi connectivity index (χ0) is 11.8. The van der Waals surface area contributed by atoms with Crippen LogP contribution in [0.15, 0.2) is 30.3 Å². The molecule has 0 atom stereocenters. The summed E-state index contributed by atoms with van der Waals surface area (Å²) in [7, 11) is 0. The third-order valence-electron chi connectivity index (χ3n) is 1.91. The summed E-state index contributed by atoms with van der Waals surface area (Å²) >= 11 is 0. The summed E-state index contributed by atoms with van der Waals surface area (Å²) in [6.45, 7) is 1.64. The average molecular weight is 221 g/mol. The lowest BCUT2D eigenvalue weighted by Crippen LogP contribution is -2.12. The number of hydrogen-bond donors (Lipinski definition) is 1. The Balaban J connectivity index is 2.19. The Kier molecular flexibility index (Phi) is 5.05. The van der Waals surface area contributed by atoms with Crippen molar-refractivity contribution in [2.45, 2.75) is 19.8 Å². The van der Waals surface area contributed by atoms with Gasteiger partial charge >= 0.3 is 5.97 Å². The van der Waals surface area contributed by atoms with Crippen molar-refractivity contribution in [3.63, 3.8) is 0 Å². The molecule has 1 aromatic rings. The maximum Gasteiger partial charge on any atom is 0.302 e. The highest BCUT2D eigenvalue weighted by atomic mass is 16.5. The van der Waals surface area contributed by atoms with Crippen LogP contribution in [-0.4, -0.2) is 18.5 Å². The lowest BCUT2D eigenvalue weighted by atomic mass is 10.3. The zero-order valence-corrected chi connectivity index (χ0v) is 9.23. The molecular weight excluding hydrogens is 206 g/mol. The summed E-state index contributed by atoms with van der Waals surface area (Å²) in [4.78, 5) is 21.9. The number of esters is 1. The van der Waals surface area contributed by atoms with Crippen LogP contribution < -0.4 is 5.32 Å². The van der Waals surface area contributed by atoms with Gasteiger partial charge in [-0.2, -0.15) is 0 Å². The summed E-state index contributed by atoms with van der Waals surface area (Å²) in [5.74, 6) is -0.387. The second-order valence-electron chi connectivity index (χ2n) is 3.36. The Morgan fingerprint density at radius 3 is 2.56 bits per heavy atom. The summed E-state index contributed by atoms with van der Waals surface area (Å²) < 4.78 is 4.72. The number of carbonyl (C=O) groups excluding carboxylic acids is 2. The molecule has 1 aromatic carbocycles. The molecule has 0 aromatic heterocycles. The van der Waals surface area contributed by atoms with Crippen LogP contribution in [0.3, 0.4) is 0 Å². The lowest BCUT2D eigenvalue weighted by Gasteiger charge is -2.04. The molecule has 0 aliphatic rings. The van der Waals surface area contributed by atoms with Gasteiger partial charge in [-0.1, -0.05) is 18.2 Å². The molecule has 0 aliphatic heterocycles. The summed E-state index contributed by atoms with van der Waals surface area (Å²) in [5, 5.41) is 2.75. The number of rotatable bonds is 5. The van der Waals surface area contributed by atoms with Crippen molar-refractivity contribution in [3.8, 4) is 0 Å². The summed E-state index contributed by atoms with van der Waals surface area (Å²) in [5.41, 5.74) is 0.778. The van der Waals surface area contributed by atoms with E-state index in [0.29, 0.717) is 12.8 Å². The van der Waals surface area contributed by atoms with Crippen LogP contribution in [0.5, 0.6) is 0 Å². The zero-order valence-electron chi connectivity index (χ0n) is 9.23. The number of anilines is 1. The van der Waals surface area contributed by atoms with E-state index in [1.807, 2.05) is 30.3 Å². The first-order valence-electron chi connectivity index (χ1n) is 5.17. The second-order valence-corrected chi connectivity index (χ2v) is 3.36. The highest BCUT2D eigenvalue weighted by Crippen LogP contribution is 2.05. The van der Waals surface area contributed by atoms with E-state index >= 15 is 0 Å². The van der Waals surface area contributed by atoms with Gasteiger partial charge in [0.2, 0.25) is 5.91 Å². The molecule has 86 valence electrons. The molecule has 0 heterocycles. The molecule has 0 radical (unpaired) electrons.